The first-order chi connectivity index (χ1) is 22.0. The van der Waals surface area contributed by atoms with Gasteiger partial charge in [-0.05, 0) is 74.4 Å². The van der Waals surface area contributed by atoms with Crippen molar-refractivity contribution in [2.45, 2.75) is 92.9 Å². The monoisotopic (exact) mass is 641 g/mol. The topological polar surface area (TPSA) is 73.8 Å². The summed E-state index contributed by atoms with van der Waals surface area (Å²) in [4.78, 5) is 13.3. The average Bonchev–Trinajstić information content (AvgIpc) is 3.69. The molecule has 46 heavy (non-hydrogen) atoms. The number of aromatic hydroxyl groups is 1. The lowest BCUT2D eigenvalue weighted by Crippen LogP contribution is -2.51. The van der Waals surface area contributed by atoms with Gasteiger partial charge < -0.3 is 20.1 Å². The lowest BCUT2D eigenvalue weighted by molar-refractivity contribution is -0.0286. The van der Waals surface area contributed by atoms with E-state index in [0.717, 1.165) is 44.7 Å². The molecule has 6 aliphatic rings. The number of piperazine rings is 1. The lowest BCUT2D eigenvalue weighted by Gasteiger charge is -2.40. The van der Waals surface area contributed by atoms with Crippen LogP contribution in [0.2, 0.25) is 0 Å². The number of nitrogens with zero attached hydrogens (tertiary/aromatic N) is 4. The zero-order valence-corrected chi connectivity index (χ0v) is 25.4. The minimum atomic E-state index is -3.22. The Balaban J connectivity index is 1.20. The van der Waals surface area contributed by atoms with Crippen molar-refractivity contribution in [1.82, 2.24) is 20.2 Å². The number of nitrogens with one attached hydrogen (secondary N) is 1. The van der Waals surface area contributed by atoms with Crippen molar-refractivity contribution in [3.8, 4) is 22.9 Å². The molecular weight excluding hydrogens is 605 g/mol. The van der Waals surface area contributed by atoms with E-state index in [4.69, 9.17) is 9.72 Å². The number of hydrogen-bond acceptors (Lipinski definition) is 7. The highest BCUT2D eigenvalue weighted by atomic mass is 19.3. The SMILES string of the molecule is Oc1cc(-c2c(F)cc3c(N4CC5CCC(C4)N5)nc(OCC45CCCN4CC(F)C5)nc3c2F)c2c(c1)C(F)(F)CC21CCC1. The van der Waals surface area contributed by atoms with E-state index in [0.29, 0.717) is 44.7 Å². The first-order valence-corrected chi connectivity index (χ1v) is 16.5. The first-order valence-electron chi connectivity index (χ1n) is 16.5. The molecule has 7 nitrogen and oxygen atoms in total. The summed E-state index contributed by atoms with van der Waals surface area (Å²) < 4.78 is 84.6. The van der Waals surface area contributed by atoms with Gasteiger partial charge in [-0.15, -0.1) is 0 Å². The Kier molecular flexibility index (Phi) is 6.22. The van der Waals surface area contributed by atoms with Gasteiger partial charge in [0.1, 0.15) is 35.7 Å². The highest BCUT2D eigenvalue weighted by molar-refractivity contribution is 5.94. The maximum absolute atomic E-state index is 16.9. The second-order valence-electron chi connectivity index (χ2n) is 14.6. The number of phenolic OH excluding ortho intramolecular Hbond substituents is 1. The van der Waals surface area contributed by atoms with Gasteiger partial charge in [0.05, 0.1) is 11.1 Å². The molecule has 4 saturated heterocycles. The van der Waals surface area contributed by atoms with Gasteiger partial charge in [-0.2, -0.15) is 9.97 Å². The molecule has 0 amide bonds. The van der Waals surface area contributed by atoms with Gasteiger partial charge >= 0.3 is 6.01 Å². The number of anilines is 1. The molecule has 244 valence electrons. The van der Waals surface area contributed by atoms with Crippen molar-refractivity contribution in [3.63, 3.8) is 0 Å². The fourth-order valence-electron chi connectivity index (χ4n) is 9.65. The largest absolute Gasteiger partial charge is 0.508 e. The zero-order chi connectivity index (χ0) is 31.6. The van der Waals surface area contributed by atoms with Crippen molar-refractivity contribution < 1.29 is 31.8 Å². The molecule has 0 radical (unpaired) electrons. The standard InChI is InChI=1S/C34H36F5N5O2/c35-18-12-33(7-2-8-44(33)13-18)17-46-31-41-29-23(30(42-31)43-14-19-3-4-20(15-43)40-19)11-25(36)26(28(29)37)22-9-21(45)10-24-27(22)32(5-1-6-32)16-34(24,38)39/h9-11,18-20,40,45H,1-8,12-17H2. The summed E-state index contributed by atoms with van der Waals surface area (Å²) in [5.41, 5.74) is -2.27. The second-order valence-corrected chi connectivity index (χ2v) is 14.6. The Hall–Kier alpha value is -3.25. The van der Waals surface area contributed by atoms with E-state index in [1.165, 1.54) is 12.1 Å². The van der Waals surface area contributed by atoms with E-state index in [9.17, 15) is 9.50 Å². The molecule has 2 N–H and O–H groups in total. The van der Waals surface area contributed by atoms with Crippen LogP contribution < -0.4 is 15.0 Å². The summed E-state index contributed by atoms with van der Waals surface area (Å²) in [5.74, 6) is -5.29. The van der Waals surface area contributed by atoms with Gasteiger partial charge in [0.15, 0.2) is 5.82 Å². The van der Waals surface area contributed by atoms with Gasteiger partial charge in [-0.3, -0.25) is 4.90 Å². The highest BCUT2D eigenvalue weighted by Gasteiger charge is 2.58. The van der Waals surface area contributed by atoms with Gasteiger partial charge in [-0.25, -0.2) is 22.0 Å². The summed E-state index contributed by atoms with van der Waals surface area (Å²) in [5, 5.41) is 14.3. The molecule has 1 saturated carbocycles. The molecule has 5 fully saturated rings. The van der Waals surface area contributed by atoms with E-state index in [1.54, 1.807) is 0 Å². The van der Waals surface area contributed by atoms with Gasteiger partial charge in [-0.1, -0.05) is 6.42 Å². The molecule has 2 bridgehead atoms. The molecule has 3 aromatic rings. The minimum absolute atomic E-state index is 0.0629. The molecule has 9 rings (SSSR count). The molecule has 4 unspecified atom stereocenters. The fourth-order valence-corrected chi connectivity index (χ4v) is 9.65. The third-order valence-corrected chi connectivity index (χ3v) is 11.8. The van der Waals surface area contributed by atoms with Crippen LogP contribution >= 0.6 is 0 Å². The molecular formula is C34H36F5N5O2. The predicted octanol–water partition coefficient (Wildman–Crippen LogP) is 6.09. The maximum atomic E-state index is 16.9. The quantitative estimate of drug-likeness (QED) is 0.327. The molecule has 1 aromatic heterocycles. The lowest BCUT2D eigenvalue weighted by atomic mass is 9.63. The number of halogens is 5. The summed E-state index contributed by atoms with van der Waals surface area (Å²) >= 11 is 0. The molecule has 5 heterocycles. The molecule has 1 spiro atoms. The van der Waals surface area contributed by atoms with Crippen molar-refractivity contribution in [3.05, 3.63) is 41.0 Å². The van der Waals surface area contributed by atoms with Crippen LogP contribution in [0.25, 0.3) is 22.0 Å². The van der Waals surface area contributed by atoms with Crippen LogP contribution in [0.4, 0.5) is 27.8 Å². The Morgan fingerprint density at radius 1 is 1.00 bits per heavy atom. The maximum Gasteiger partial charge on any atom is 0.319 e. The van der Waals surface area contributed by atoms with E-state index >= 15 is 17.6 Å². The summed E-state index contributed by atoms with van der Waals surface area (Å²) in [6.45, 7) is 2.45. The Bertz CT molecular complexity index is 1760. The third kappa shape index (κ3) is 4.20. The molecule has 12 heteroatoms. The number of alkyl halides is 3. The van der Waals surface area contributed by atoms with Gasteiger partial charge in [0.2, 0.25) is 0 Å². The van der Waals surface area contributed by atoms with Crippen molar-refractivity contribution in [1.29, 1.82) is 0 Å². The van der Waals surface area contributed by atoms with Crippen LogP contribution in [0, 0.1) is 11.6 Å². The van der Waals surface area contributed by atoms with Gasteiger partial charge in [0, 0.05) is 60.9 Å². The van der Waals surface area contributed by atoms with Crippen LogP contribution in [0.3, 0.4) is 0 Å². The van der Waals surface area contributed by atoms with Crippen molar-refractivity contribution in [2.24, 2.45) is 0 Å². The minimum Gasteiger partial charge on any atom is -0.508 e. The van der Waals surface area contributed by atoms with Gasteiger partial charge in [0.25, 0.3) is 5.92 Å². The molecule has 4 atom stereocenters. The van der Waals surface area contributed by atoms with Crippen LogP contribution in [-0.2, 0) is 11.3 Å². The smallest absolute Gasteiger partial charge is 0.319 e. The van der Waals surface area contributed by atoms with E-state index in [-0.39, 0.29) is 52.3 Å². The number of fused-ring (bicyclic) bond motifs is 6. The Labute approximate surface area is 263 Å². The van der Waals surface area contributed by atoms with Crippen LogP contribution in [0.1, 0.15) is 68.9 Å². The molecule has 2 aromatic carbocycles. The predicted molar refractivity (Wildman–Crippen MR) is 161 cm³/mol. The summed E-state index contributed by atoms with van der Waals surface area (Å²) in [7, 11) is 0. The van der Waals surface area contributed by atoms with Crippen LogP contribution in [0.5, 0.6) is 11.8 Å². The highest BCUT2D eigenvalue weighted by Crippen LogP contribution is 2.63. The fraction of sp³-hybridized carbons (Fsp3) is 0.588. The molecule has 2 aliphatic carbocycles. The number of aromatic nitrogens is 2. The average molecular weight is 642 g/mol. The van der Waals surface area contributed by atoms with E-state index < -0.39 is 52.4 Å². The summed E-state index contributed by atoms with van der Waals surface area (Å²) in [6, 6.07) is 3.76. The van der Waals surface area contributed by atoms with Crippen LogP contribution in [-0.4, -0.2) is 76.6 Å². The normalized spacial score (nSPS) is 30.6. The van der Waals surface area contributed by atoms with E-state index in [1.807, 2.05) is 4.90 Å². The molecule has 4 aliphatic heterocycles. The number of benzene rings is 2. The van der Waals surface area contributed by atoms with E-state index in [2.05, 4.69) is 15.2 Å². The summed E-state index contributed by atoms with van der Waals surface area (Å²) in [6.07, 6.45) is 4.32. The zero-order valence-electron chi connectivity index (χ0n) is 25.4. The third-order valence-electron chi connectivity index (χ3n) is 11.8. The number of hydrogen-bond donors (Lipinski definition) is 2. The Morgan fingerprint density at radius 3 is 2.52 bits per heavy atom. The number of ether oxygens (including phenoxy) is 1. The van der Waals surface area contributed by atoms with Crippen molar-refractivity contribution in [2.75, 3.05) is 37.7 Å². The first kappa shape index (κ1) is 28.9. The van der Waals surface area contributed by atoms with Crippen molar-refractivity contribution >= 4 is 16.7 Å². The number of phenols is 1. The van der Waals surface area contributed by atoms with Crippen LogP contribution in [0.15, 0.2) is 18.2 Å². The number of rotatable bonds is 5. The second kappa shape index (κ2) is 9.88. The Morgan fingerprint density at radius 2 is 1.78 bits per heavy atom.